The SMILES string of the molecule is Cc1cc(C)c(Nc2ccc(C(=O)NCCN3CCOCC3)cn2)c(C)c1. The number of nitrogens with one attached hydrogen (secondary N) is 2. The van der Waals surface area contributed by atoms with Crippen molar-refractivity contribution in [1.29, 1.82) is 0 Å². The van der Waals surface area contributed by atoms with Gasteiger partial charge in [-0.2, -0.15) is 0 Å². The number of hydrogen-bond acceptors (Lipinski definition) is 5. The van der Waals surface area contributed by atoms with Crippen molar-refractivity contribution in [2.45, 2.75) is 20.8 Å². The molecule has 0 atom stereocenters. The summed E-state index contributed by atoms with van der Waals surface area (Å²) in [6.45, 7) is 11.1. The number of carbonyl (C=O) groups is 1. The third-order valence-corrected chi connectivity index (χ3v) is 4.77. The van der Waals surface area contributed by atoms with Gasteiger partial charge in [-0.3, -0.25) is 9.69 Å². The van der Waals surface area contributed by atoms with Crippen molar-refractivity contribution in [3.8, 4) is 0 Å². The second kappa shape index (κ2) is 8.97. The highest BCUT2D eigenvalue weighted by molar-refractivity contribution is 5.94. The van der Waals surface area contributed by atoms with Crippen molar-refractivity contribution < 1.29 is 9.53 Å². The Morgan fingerprint density at radius 2 is 1.85 bits per heavy atom. The highest BCUT2D eigenvalue weighted by Crippen LogP contribution is 2.25. The van der Waals surface area contributed by atoms with E-state index in [9.17, 15) is 4.79 Å². The topological polar surface area (TPSA) is 66.5 Å². The number of aryl methyl sites for hydroxylation is 3. The lowest BCUT2D eigenvalue weighted by atomic mass is 10.1. The van der Waals surface area contributed by atoms with E-state index >= 15 is 0 Å². The molecule has 2 aromatic rings. The molecule has 3 rings (SSSR count). The minimum atomic E-state index is -0.0926. The fourth-order valence-electron chi connectivity index (χ4n) is 3.36. The number of pyridine rings is 1. The molecule has 0 saturated carbocycles. The molecular weight excluding hydrogens is 340 g/mol. The maximum atomic E-state index is 12.3. The molecule has 1 aliphatic rings. The van der Waals surface area contributed by atoms with Crippen LogP contribution in [-0.4, -0.2) is 55.2 Å². The number of amides is 1. The summed E-state index contributed by atoms with van der Waals surface area (Å²) in [5, 5.41) is 6.32. The number of hydrogen-bond donors (Lipinski definition) is 2. The number of rotatable bonds is 6. The quantitative estimate of drug-likeness (QED) is 0.821. The largest absolute Gasteiger partial charge is 0.379 e. The third-order valence-electron chi connectivity index (χ3n) is 4.77. The summed E-state index contributed by atoms with van der Waals surface area (Å²) in [4.78, 5) is 19.0. The van der Waals surface area contributed by atoms with Crippen molar-refractivity contribution in [1.82, 2.24) is 15.2 Å². The fourth-order valence-corrected chi connectivity index (χ4v) is 3.36. The van der Waals surface area contributed by atoms with Gasteiger partial charge in [0.1, 0.15) is 5.82 Å². The Balaban J connectivity index is 1.54. The summed E-state index contributed by atoms with van der Waals surface area (Å²) >= 11 is 0. The first-order valence-electron chi connectivity index (χ1n) is 9.42. The third kappa shape index (κ3) is 5.28. The second-order valence-corrected chi connectivity index (χ2v) is 7.04. The predicted molar refractivity (Wildman–Crippen MR) is 108 cm³/mol. The van der Waals surface area contributed by atoms with Gasteiger partial charge in [-0.15, -0.1) is 0 Å². The molecule has 0 bridgehead atoms. The van der Waals surface area contributed by atoms with Gasteiger partial charge in [0.15, 0.2) is 0 Å². The molecule has 0 spiro atoms. The summed E-state index contributed by atoms with van der Waals surface area (Å²) in [6.07, 6.45) is 1.62. The number of aromatic nitrogens is 1. The zero-order valence-electron chi connectivity index (χ0n) is 16.3. The molecule has 0 radical (unpaired) electrons. The van der Waals surface area contributed by atoms with Gasteiger partial charge in [-0.25, -0.2) is 4.98 Å². The van der Waals surface area contributed by atoms with Gasteiger partial charge in [-0.1, -0.05) is 17.7 Å². The number of carbonyl (C=O) groups excluding carboxylic acids is 1. The first kappa shape index (κ1) is 19.3. The van der Waals surface area contributed by atoms with E-state index in [0.717, 1.165) is 44.4 Å². The van der Waals surface area contributed by atoms with Gasteiger partial charge in [0, 0.05) is 38.1 Å². The predicted octanol–water partition coefficient (Wildman–Crippen LogP) is 2.81. The van der Waals surface area contributed by atoms with E-state index in [1.807, 2.05) is 6.07 Å². The lowest BCUT2D eigenvalue weighted by Gasteiger charge is -2.26. The van der Waals surface area contributed by atoms with Crippen LogP contribution in [0.5, 0.6) is 0 Å². The van der Waals surface area contributed by atoms with Gasteiger partial charge in [0.2, 0.25) is 0 Å². The molecule has 1 aliphatic heterocycles. The van der Waals surface area contributed by atoms with Gasteiger partial charge in [0.05, 0.1) is 18.8 Å². The molecule has 2 N–H and O–H groups in total. The van der Waals surface area contributed by atoms with Crippen LogP contribution in [0.3, 0.4) is 0 Å². The number of benzene rings is 1. The number of nitrogens with zero attached hydrogens (tertiary/aromatic N) is 2. The first-order chi connectivity index (χ1) is 13.0. The van der Waals surface area contributed by atoms with E-state index in [-0.39, 0.29) is 5.91 Å². The van der Waals surface area contributed by atoms with E-state index in [2.05, 4.69) is 53.4 Å². The van der Waals surface area contributed by atoms with Crippen LogP contribution in [0.15, 0.2) is 30.5 Å². The van der Waals surface area contributed by atoms with Crippen molar-refractivity contribution in [2.24, 2.45) is 0 Å². The average Bonchev–Trinajstić information content (AvgIpc) is 2.66. The normalized spacial score (nSPS) is 14.8. The van der Waals surface area contributed by atoms with E-state index in [1.165, 1.54) is 16.7 Å². The highest BCUT2D eigenvalue weighted by Gasteiger charge is 2.11. The lowest BCUT2D eigenvalue weighted by molar-refractivity contribution is 0.0383. The minimum absolute atomic E-state index is 0.0926. The van der Waals surface area contributed by atoms with E-state index in [4.69, 9.17) is 4.74 Å². The van der Waals surface area contributed by atoms with Gasteiger partial charge >= 0.3 is 0 Å². The summed E-state index contributed by atoms with van der Waals surface area (Å²) in [7, 11) is 0. The van der Waals surface area contributed by atoms with E-state index < -0.39 is 0 Å². The first-order valence-corrected chi connectivity index (χ1v) is 9.42. The van der Waals surface area contributed by atoms with Crippen LogP contribution in [0.4, 0.5) is 11.5 Å². The van der Waals surface area contributed by atoms with Crippen LogP contribution < -0.4 is 10.6 Å². The summed E-state index contributed by atoms with van der Waals surface area (Å²) in [6, 6.07) is 7.94. The Hall–Kier alpha value is -2.44. The Morgan fingerprint density at radius 1 is 1.15 bits per heavy atom. The monoisotopic (exact) mass is 368 g/mol. The molecule has 1 fully saturated rings. The summed E-state index contributed by atoms with van der Waals surface area (Å²) in [5.41, 5.74) is 5.24. The minimum Gasteiger partial charge on any atom is -0.379 e. The van der Waals surface area contributed by atoms with Crippen LogP contribution in [0, 0.1) is 20.8 Å². The van der Waals surface area contributed by atoms with Crippen molar-refractivity contribution in [3.05, 3.63) is 52.7 Å². The maximum Gasteiger partial charge on any atom is 0.252 e. The van der Waals surface area contributed by atoms with Crippen molar-refractivity contribution >= 4 is 17.4 Å². The van der Waals surface area contributed by atoms with Crippen LogP contribution in [0.1, 0.15) is 27.0 Å². The molecule has 27 heavy (non-hydrogen) atoms. The van der Waals surface area contributed by atoms with Crippen LogP contribution >= 0.6 is 0 Å². The molecule has 1 saturated heterocycles. The van der Waals surface area contributed by atoms with Gasteiger partial charge in [0.25, 0.3) is 5.91 Å². The molecule has 1 amide bonds. The Morgan fingerprint density at radius 3 is 2.48 bits per heavy atom. The molecule has 1 aromatic carbocycles. The summed E-state index contributed by atoms with van der Waals surface area (Å²) in [5.74, 6) is 0.639. The van der Waals surface area contributed by atoms with Crippen molar-refractivity contribution in [2.75, 3.05) is 44.7 Å². The number of ether oxygens (including phenoxy) is 1. The molecule has 1 aromatic heterocycles. The Kier molecular flexibility index (Phi) is 6.42. The number of morpholine rings is 1. The zero-order valence-corrected chi connectivity index (χ0v) is 16.3. The van der Waals surface area contributed by atoms with E-state index in [0.29, 0.717) is 12.1 Å². The Bertz CT molecular complexity index is 760. The van der Waals surface area contributed by atoms with Gasteiger partial charge in [-0.05, 0) is 44.0 Å². The van der Waals surface area contributed by atoms with Crippen LogP contribution in [0.25, 0.3) is 0 Å². The lowest BCUT2D eigenvalue weighted by Crippen LogP contribution is -2.41. The molecule has 2 heterocycles. The fraction of sp³-hybridized carbons (Fsp3) is 0.429. The highest BCUT2D eigenvalue weighted by atomic mass is 16.5. The number of anilines is 2. The van der Waals surface area contributed by atoms with Crippen LogP contribution in [0.2, 0.25) is 0 Å². The zero-order chi connectivity index (χ0) is 19.2. The van der Waals surface area contributed by atoms with Gasteiger partial charge < -0.3 is 15.4 Å². The summed E-state index contributed by atoms with van der Waals surface area (Å²) < 4.78 is 5.33. The second-order valence-electron chi connectivity index (χ2n) is 7.04. The van der Waals surface area contributed by atoms with Crippen LogP contribution in [-0.2, 0) is 4.74 Å². The molecule has 6 heteroatoms. The van der Waals surface area contributed by atoms with Crippen molar-refractivity contribution in [3.63, 3.8) is 0 Å². The smallest absolute Gasteiger partial charge is 0.252 e. The molecular formula is C21H28N4O2. The Labute approximate surface area is 160 Å². The standard InChI is InChI=1S/C21H28N4O2/c1-15-12-16(2)20(17(3)13-15)24-19-5-4-18(14-23-19)21(26)22-6-7-25-8-10-27-11-9-25/h4-5,12-14H,6-11H2,1-3H3,(H,22,26)(H,23,24). The van der Waals surface area contributed by atoms with E-state index in [1.54, 1.807) is 12.3 Å². The molecule has 0 aliphatic carbocycles. The average molecular weight is 368 g/mol. The molecule has 0 unspecified atom stereocenters. The molecule has 6 nitrogen and oxygen atoms in total. The maximum absolute atomic E-state index is 12.3. The molecule has 144 valence electrons.